The Hall–Kier alpha value is -0.980. The highest BCUT2D eigenvalue weighted by molar-refractivity contribution is 14.0. The average Bonchev–Trinajstić information content (AvgIpc) is 2.40. The van der Waals surface area contributed by atoms with Gasteiger partial charge in [0.25, 0.3) is 0 Å². The molecule has 0 fully saturated rings. The van der Waals surface area contributed by atoms with Gasteiger partial charge in [0, 0.05) is 25.7 Å². The lowest BCUT2D eigenvalue weighted by Gasteiger charge is -2.17. The zero-order chi connectivity index (χ0) is 15.8. The minimum atomic E-state index is 0. The molecule has 0 amide bonds. The molecule has 0 bridgehead atoms. The molecule has 1 aromatic rings. The maximum atomic E-state index is 5.89. The van der Waals surface area contributed by atoms with E-state index in [4.69, 9.17) is 4.74 Å². The van der Waals surface area contributed by atoms with Crippen LogP contribution in [-0.2, 0) is 6.54 Å². The van der Waals surface area contributed by atoms with Crippen LogP contribution < -0.4 is 15.4 Å². The van der Waals surface area contributed by atoms with E-state index in [-0.39, 0.29) is 30.1 Å². The van der Waals surface area contributed by atoms with Crippen molar-refractivity contribution < 1.29 is 4.74 Å². The number of nitrogens with one attached hydrogen (secondary N) is 2. The number of halogens is 1. The Morgan fingerprint density at radius 3 is 2.41 bits per heavy atom. The molecular weight excluding hydrogens is 389 g/mol. The molecule has 0 aliphatic heterocycles. The van der Waals surface area contributed by atoms with Crippen LogP contribution in [0.15, 0.2) is 23.2 Å². The van der Waals surface area contributed by atoms with Crippen molar-refractivity contribution in [2.45, 2.75) is 47.3 Å². The molecule has 1 rings (SSSR count). The third-order valence-corrected chi connectivity index (χ3v) is 2.93. The number of aliphatic imine (C=N–C) groups is 1. The molecule has 0 saturated carbocycles. The summed E-state index contributed by atoms with van der Waals surface area (Å²) in [6, 6.07) is 6.30. The van der Waals surface area contributed by atoms with Crippen molar-refractivity contribution in [1.29, 1.82) is 0 Å². The smallest absolute Gasteiger partial charge is 0.191 e. The van der Waals surface area contributed by atoms with Gasteiger partial charge in [-0.2, -0.15) is 0 Å². The van der Waals surface area contributed by atoms with Crippen molar-refractivity contribution in [1.82, 2.24) is 10.6 Å². The second-order valence-corrected chi connectivity index (χ2v) is 5.98. The van der Waals surface area contributed by atoms with Crippen LogP contribution in [0.1, 0.15) is 38.8 Å². The Morgan fingerprint density at radius 2 is 1.86 bits per heavy atom. The molecule has 1 aromatic carbocycles. The number of hydrogen-bond acceptors (Lipinski definition) is 2. The van der Waals surface area contributed by atoms with Crippen LogP contribution >= 0.6 is 24.0 Å². The molecular formula is C17H30IN3O. The molecule has 0 heterocycles. The molecule has 126 valence electrons. The number of rotatable bonds is 6. The standard InChI is InChI=1S/C17H29N3O.HI/c1-12(2)10-19-17(18-6)20-11-15-8-7-14(5)9-16(15)21-13(3)4;/h7-9,12-13H,10-11H2,1-6H3,(H2,18,19,20);1H. The Balaban J connectivity index is 0.00000441. The summed E-state index contributed by atoms with van der Waals surface area (Å²) in [5, 5.41) is 6.64. The van der Waals surface area contributed by atoms with E-state index < -0.39 is 0 Å². The van der Waals surface area contributed by atoms with Crippen molar-refractivity contribution in [2.75, 3.05) is 13.6 Å². The number of aryl methyl sites for hydroxylation is 1. The number of hydrogen-bond donors (Lipinski definition) is 2. The summed E-state index contributed by atoms with van der Waals surface area (Å²) < 4.78 is 5.89. The summed E-state index contributed by atoms with van der Waals surface area (Å²) in [6.07, 6.45) is 0.170. The second-order valence-electron chi connectivity index (χ2n) is 5.98. The zero-order valence-electron chi connectivity index (χ0n) is 14.6. The van der Waals surface area contributed by atoms with Crippen LogP contribution in [0.4, 0.5) is 0 Å². The maximum Gasteiger partial charge on any atom is 0.191 e. The van der Waals surface area contributed by atoms with E-state index in [1.165, 1.54) is 5.56 Å². The molecule has 4 nitrogen and oxygen atoms in total. The lowest BCUT2D eigenvalue weighted by Crippen LogP contribution is -2.38. The summed E-state index contributed by atoms with van der Waals surface area (Å²) in [4.78, 5) is 4.24. The summed E-state index contributed by atoms with van der Waals surface area (Å²) >= 11 is 0. The van der Waals surface area contributed by atoms with Crippen LogP contribution in [0.3, 0.4) is 0 Å². The maximum absolute atomic E-state index is 5.89. The molecule has 0 aliphatic carbocycles. The number of ether oxygens (including phenoxy) is 1. The minimum Gasteiger partial charge on any atom is -0.491 e. The third-order valence-electron chi connectivity index (χ3n) is 2.93. The fraction of sp³-hybridized carbons (Fsp3) is 0.588. The van der Waals surface area contributed by atoms with Crippen molar-refractivity contribution in [3.8, 4) is 5.75 Å². The lowest BCUT2D eigenvalue weighted by atomic mass is 10.1. The molecule has 0 spiro atoms. The fourth-order valence-corrected chi connectivity index (χ4v) is 1.87. The predicted octanol–water partition coefficient (Wildman–Crippen LogP) is 3.72. The molecule has 22 heavy (non-hydrogen) atoms. The van der Waals surface area contributed by atoms with E-state index in [0.717, 1.165) is 23.8 Å². The van der Waals surface area contributed by atoms with Crippen molar-refractivity contribution in [3.63, 3.8) is 0 Å². The van der Waals surface area contributed by atoms with Gasteiger partial charge >= 0.3 is 0 Å². The van der Waals surface area contributed by atoms with Crippen LogP contribution in [0.25, 0.3) is 0 Å². The SMILES string of the molecule is CN=C(NCc1ccc(C)cc1OC(C)C)NCC(C)C.I. The van der Waals surface area contributed by atoms with Gasteiger partial charge < -0.3 is 15.4 Å². The molecule has 0 unspecified atom stereocenters. The molecule has 2 N–H and O–H groups in total. The predicted molar refractivity (Wildman–Crippen MR) is 105 cm³/mol. The fourth-order valence-electron chi connectivity index (χ4n) is 1.87. The van der Waals surface area contributed by atoms with E-state index in [2.05, 4.69) is 54.6 Å². The van der Waals surface area contributed by atoms with Crippen LogP contribution in [0, 0.1) is 12.8 Å². The first-order chi connectivity index (χ1) is 9.92. The van der Waals surface area contributed by atoms with Gasteiger partial charge in [0.1, 0.15) is 5.75 Å². The summed E-state index contributed by atoms with van der Waals surface area (Å²) in [5.74, 6) is 2.35. The summed E-state index contributed by atoms with van der Waals surface area (Å²) in [5.41, 5.74) is 2.35. The van der Waals surface area contributed by atoms with Gasteiger partial charge in [-0.3, -0.25) is 4.99 Å². The molecule has 0 saturated heterocycles. The largest absolute Gasteiger partial charge is 0.491 e. The number of nitrogens with zero attached hydrogens (tertiary/aromatic N) is 1. The van der Waals surface area contributed by atoms with E-state index in [1.807, 2.05) is 13.8 Å². The average molecular weight is 419 g/mol. The number of guanidine groups is 1. The van der Waals surface area contributed by atoms with Gasteiger partial charge in [0.15, 0.2) is 5.96 Å². The van der Waals surface area contributed by atoms with Gasteiger partial charge in [-0.15, -0.1) is 24.0 Å². The monoisotopic (exact) mass is 419 g/mol. The van der Waals surface area contributed by atoms with Crippen LogP contribution in [0.2, 0.25) is 0 Å². The molecule has 0 radical (unpaired) electrons. The summed E-state index contributed by atoms with van der Waals surface area (Å²) in [6.45, 7) is 12.1. The summed E-state index contributed by atoms with van der Waals surface area (Å²) in [7, 11) is 1.79. The molecule has 0 aromatic heterocycles. The van der Waals surface area contributed by atoms with Gasteiger partial charge in [0.05, 0.1) is 6.10 Å². The first-order valence-electron chi connectivity index (χ1n) is 7.63. The Kier molecular flexibility index (Phi) is 10.2. The highest BCUT2D eigenvalue weighted by Crippen LogP contribution is 2.21. The second kappa shape index (κ2) is 10.7. The zero-order valence-corrected chi connectivity index (χ0v) is 16.9. The first kappa shape index (κ1) is 21.0. The van der Waals surface area contributed by atoms with Crippen molar-refractivity contribution in [3.05, 3.63) is 29.3 Å². The van der Waals surface area contributed by atoms with Crippen molar-refractivity contribution in [2.24, 2.45) is 10.9 Å². The molecule has 0 aliphatic rings. The third kappa shape index (κ3) is 7.87. The lowest BCUT2D eigenvalue weighted by molar-refractivity contribution is 0.239. The van der Waals surface area contributed by atoms with Gasteiger partial charge in [0.2, 0.25) is 0 Å². The Morgan fingerprint density at radius 1 is 1.18 bits per heavy atom. The van der Waals surface area contributed by atoms with E-state index in [0.29, 0.717) is 12.5 Å². The molecule has 0 atom stereocenters. The number of benzene rings is 1. The van der Waals surface area contributed by atoms with Crippen molar-refractivity contribution >= 4 is 29.9 Å². The van der Waals surface area contributed by atoms with Gasteiger partial charge in [-0.05, 0) is 38.3 Å². The van der Waals surface area contributed by atoms with E-state index >= 15 is 0 Å². The minimum absolute atomic E-state index is 0. The Bertz CT molecular complexity index is 473. The van der Waals surface area contributed by atoms with Gasteiger partial charge in [-0.25, -0.2) is 0 Å². The highest BCUT2D eigenvalue weighted by Gasteiger charge is 2.07. The molecule has 5 heteroatoms. The highest BCUT2D eigenvalue weighted by atomic mass is 127. The first-order valence-corrected chi connectivity index (χ1v) is 7.63. The normalized spacial score (nSPS) is 11.4. The van der Waals surface area contributed by atoms with E-state index in [9.17, 15) is 0 Å². The quantitative estimate of drug-likeness (QED) is 0.420. The Labute approximate surface area is 152 Å². The topological polar surface area (TPSA) is 45.7 Å². The van der Waals surface area contributed by atoms with Crippen LogP contribution in [0.5, 0.6) is 5.75 Å². The van der Waals surface area contributed by atoms with Crippen LogP contribution in [-0.4, -0.2) is 25.7 Å². The van der Waals surface area contributed by atoms with E-state index in [1.54, 1.807) is 7.05 Å². The van der Waals surface area contributed by atoms with Gasteiger partial charge in [-0.1, -0.05) is 26.0 Å².